The number of aliphatic imine (C=N–C) groups is 1. The van der Waals surface area contributed by atoms with E-state index in [0.29, 0.717) is 17.3 Å². The second-order valence-electron chi connectivity index (χ2n) is 7.44. The molecule has 0 saturated heterocycles. The molecule has 156 valence electrons. The van der Waals surface area contributed by atoms with Gasteiger partial charge >= 0.3 is 0 Å². The third-order valence-corrected chi connectivity index (χ3v) is 5.31. The highest BCUT2D eigenvalue weighted by Gasteiger charge is 2.21. The monoisotopic (exact) mass is 517 g/mol. The summed E-state index contributed by atoms with van der Waals surface area (Å²) in [5, 5.41) is 13.9. The van der Waals surface area contributed by atoms with E-state index in [1.54, 1.807) is 6.20 Å². The molecule has 7 nitrogen and oxygen atoms in total. The maximum Gasteiger partial charge on any atom is 0.227 e. The summed E-state index contributed by atoms with van der Waals surface area (Å²) < 4.78 is 7.13. The first-order valence-electron chi connectivity index (χ1n) is 9.96. The Morgan fingerprint density at radius 3 is 2.80 bits per heavy atom. The van der Waals surface area contributed by atoms with Gasteiger partial charge in [0.15, 0.2) is 0 Å². The number of fused-ring (bicyclic) bond motifs is 1. The zero-order valence-electron chi connectivity index (χ0n) is 16.7. The molecule has 0 amide bonds. The Morgan fingerprint density at radius 1 is 1.23 bits per heavy atom. The number of nitrogens with two attached hydrogens (primary N) is 1. The molecule has 1 heterocycles. The predicted molar refractivity (Wildman–Crippen MR) is 129 cm³/mol. The van der Waals surface area contributed by atoms with Crippen LogP contribution in [-0.4, -0.2) is 31.0 Å². The number of ether oxygens (including phenoxy) is 1. The molecule has 30 heavy (non-hydrogen) atoms. The van der Waals surface area contributed by atoms with Crippen molar-refractivity contribution in [1.29, 1.82) is 0 Å². The van der Waals surface area contributed by atoms with Crippen LogP contribution in [0.1, 0.15) is 32.6 Å². The Labute approximate surface area is 188 Å². The van der Waals surface area contributed by atoms with E-state index in [-0.39, 0.29) is 12.2 Å². The number of para-hydroxylation sites is 1. The first kappa shape index (κ1) is 20.8. The largest absolute Gasteiger partial charge is 0.488 e. The van der Waals surface area contributed by atoms with Crippen LogP contribution >= 0.6 is 22.6 Å². The molecule has 4 N–H and O–H groups in total. The second kappa shape index (κ2) is 9.13. The molecule has 0 spiro atoms. The fourth-order valence-corrected chi connectivity index (χ4v) is 3.80. The quantitative estimate of drug-likeness (QED) is 0.247. The van der Waals surface area contributed by atoms with Gasteiger partial charge in [-0.05, 0) is 79.5 Å². The van der Waals surface area contributed by atoms with Gasteiger partial charge in [-0.2, -0.15) is 0 Å². The van der Waals surface area contributed by atoms with Crippen LogP contribution in [0, 0.1) is 0 Å². The van der Waals surface area contributed by atoms with E-state index in [0.717, 1.165) is 51.7 Å². The van der Waals surface area contributed by atoms with Gasteiger partial charge in [0.1, 0.15) is 11.3 Å². The third kappa shape index (κ3) is 4.99. The van der Waals surface area contributed by atoms with E-state index < -0.39 is 0 Å². The Kier molecular flexibility index (Phi) is 6.33. The normalized spacial score (nSPS) is 19.6. The lowest BCUT2D eigenvalue weighted by Gasteiger charge is -2.26. The molecule has 4 rings (SSSR count). The summed E-state index contributed by atoms with van der Waals surface area (Å²) in [5.41, 5.74) is 8.91. The first-order chi connectivity index (χ1) is 14.5. The van der Waals surface area contributed by atoms with Crippen molar-refractivity contribution in [2.24, 2.45) is 4.99 Å². The lowest BCUT2D eigenvalue weighted by Crippen LogP contribution is -2.26. The molecule has 3 aromatic rings. The molecule has 0 radical (unpaired) electrons. The predicted octanol–water partition coefficient (Wildman–Crippen LogP) is 5.12. The molecule has 2 aromatic carbocycles. The first-order valence-corrected chi connectivity index (χ1v) is 11.0. The van der Waals surface area contributed by atoms with Gasteiger partial charge in [-0.3, -0.25) is 0 Å². The van der Waals surface area contributed by atoms with Gasteiger partial charge in [-0.1, -0.05) is 12.1 Å². The van der Waals surface area contributed by atoms with Gasteiger partial charge in [0.2, 0.25) is 5.95 Å². The topological polar surface area (TPSA) is 106 Å². The van der Waals surface area contributed by atoms with Gasteiger partial charge in [0, 0.05) is 17.3 Å². The Morgan fingerprint density at radius 2 is 2.03 bits per heavy atom. The van der Waals surface area contributed by atoms with Crippen LogP contribution in [0.4, 0.5) is 23.0 Å². The van der Waals surface area contributed by atoms with E-state index in [4.69, 9.17) is 15.5 Å². The van der Waals surface area contributed by atoms with E-state index >= 15 is 0 Å². The number of hydrogen-bond donors (Lipinski definition) is 3. The van der Waals surface area contributed by atoms with Crippen LogP contribution < -0.4 is 15.8 Å². The van der Waals surface area contributed by atoms with Gasteiger partial charge in [0.25, 0.3) is 0 Å². The average molecular weight is 517 g/mol. The Bertz CT molecular complexity index is 1080. The highest BCUT2D eigenvalue weighted by atomic mass is 127. The number of halogens is 1. The van der Waals surface area contributed by atoms with Crippen molar-refractivity contribution >= 4 is 60.2 Å². The second-order valence-corrected chi connectivity index (χ2v) is 9.00. The Balaban J connectivity index is 1.59. The number of nitrogen functional groups attached to an aromatic ring is 1. The number of rotatable bonds is 5. The summed E-state index contributed by atoms with van der Waals surface area (Å²) in [6, 6.07) is 11.4. The van der Waals surface area contributed by atoms with Crippen LogP contribution in [0.25, 0.3) is 10.9 Å². The minimum Gasteiger partial charge on any atom is -0.488 e. The number of aliphatic hydroxyl groups excluding tert-OH is 1. The van der Waals surface area contributed by atoms with E-state index in [1.807, 2.05) is 43.3 Å². The fourth-order valence-electron chi connectivity index (χ4n) is 3.54. The van der Waals surface area contributed by atoms with Crippen molar-refractivity contribution < 1.29 is 9.84 Å². The smallest absolute Gasteiger partial charge is 0.227 e. The van der Waals surface area contributed by atoms with Crippen LogP contribution in [0.3, 0.4) is 0 Å². The molecular weight excluding hydrogens is 493 g/mol. The molecule has 1 saturated carbocycles. The van der Waals surface area contributed by atoms with Gasteiger partial charge in [-0.15, -0.1) is 0 Å². The van der Waals surface area contributed by atoms with E-state index in [2.05, 4.69) is 37.9 Å². The van der Waals surface area contributed by atoms with Crippen LogP contribution in [-0.2, 0) is 0 Å². The molecular formula is C22H24IN5O2. The lowest BCUT2D eigenvalue weighted by atomic mass is 9.95. The summed E-state index contributed by atoms with van der Waals surface area (Å²) in [7, 11) is 0. The Hall–Kier alpha value is -2.46. The van der Waals surface area contributed by atoms with Crippen molar-refractivity contribution in [2.45, 2.75) is 44.8 Å². The maximum atomic E-state index is 9.73. The molecule has 0 unspecified atom stereocenters. The van der Waals surface area contributed by atoms with Crippen molar-refractivity contribution in [3.8, 4) is 5.75 Å². The molecule has 0 atom stereocenters. The number of hydrogen-bond acceptors (Lipinski definition) is 7. The van der Waals surface area contributed by atoms with Gasteiger partial charge < -0.3 is 20.9 Å². The minimum atomic E-state index is -0.208. The molecule has 0 aliphatic heterocycles. The molecule has 1 fully saturated rings. The number of nitrogens with one attached hydrogen (secondary N) is 1. The van der Waals surface area contributed by atoms with E-state index in [1.165, 1.54) is 0 Å². The minimum absolute atomic E-state index is 0.0967. The molecule has 1 aromatic heterocycles. The average Bonchev–Trinajstić information content (AvgIpc) is 2.72. The standard InChI is InChI=1S/C22H24IN5O2/c1-13(23)26-19-11-15(5-10-18(19)24)27-22-25-12-14-3-2-4-20(21(14)28-22)30-17-8-6-16(29)7-9-17/h2-5,10-12,16-17,29H,6-9,24H2,1H3,(H,25,27,28). The van der Waals surface area contributed by atoms with Crippen molar-refractivity contribution in [3.63, 3.8) is 0 Å². The van der Waals surface area contributed by atoms with Crippen LogP contribution in [0.15, 0.2) is 47.6 Å². The van der Waals surface area contributed by atoms with Crippen molar-refractivity contribution in [1.82, 2.24) is 9.97 Å². The summed E-state index contributed by atoms with van der Waals surface area (Å²) in [6.45, 7) is 1.92. The van der Waals surface area contributed by atoms with Gasteiger partial charge in [-0.25, -0.2) is 15.0 Å². The lowest BCUT2D eigenvalue weighted by molar-refractivity contribution is 0.0672. The van der Waals surface area contributed by atoms with E-state index in [9.17, 15) is 5.11 Å². The number of aromatic nitrogens is 2. The molecule has 1 aliphatic carbocycles. The van der Waals surface area contributed by atoms with Gasteiger partial charge in [0.05, 0.1) is 27.3 Å². The highest BCUT2D eigenvalue weighted by Crippen LogP contribution is 2.31. The van der Waals surface area contributed by atoms with Crippen molar-refractivity contribution in [3.05, 3.63) is 42.6 Å². The highest BCUT2D eigenvalue weighted by molar-refractivity contribution is 14.1. The number of anilines is 3. The maximum absolute atomic E-state index is 9.73. The summed E-state index contributed by atoms with van der Waals surface area (Å²) in [4.78, 5) is 13.6. The number of benzene rings is 2. The third-order valence-electron chi connectivity index (χ3n) is 5.07. The summed E-state index contributed by atoms with van der Waals surface area (Å²) >= 11 is 2.16. The zero-order chi connectivity index (χ0) is 21.1. The molecule has 8 heteroatoms. The summed E-state index contributed by atoms with van der Waals surface area (Å²) in [5.74, 6) is 1.21. The van der Waals surface area contributed by atoms with Crippen molar-refractivity contribution in [2.75, 3.05) is 11.1 Å². The molecule has 1 aliphatic rings. The zero-order valence-corrected chi connectivity index (χ0v) is 18.8. The van der Waals surface area contributed by atoms with Crippen LogP contribution in [0.5, 0.6) is 5.75 Å². The molecule has 0 bridgehead atoms. The summed E-state index contributed by atoms with van der Waals surface area (Å²) in [6.07, 6.45) is 4.91. The van der Waals surface area contributed by atoms with Crippen LogP contribution in [0.2, 0.25) is 0 Å². The fraction of sp³-hybridized carbons (Fsp3) is 0.318. The number of nitrogens with zero attached hydrogens (tertiary/aromatic N) is 3. The SMILES string of the molecule is CC(I)=Nc1cc(Nc2ncc3cccc(OC4CCC(O)CC4)c3n2)ccc1N. The number of aliphatic hydroxyl groups is 1.